The summed E-state index contributed by atoms with van der Waals surface area (Å²) >= 11 is 0. The van der Waals surface area contributed by atoms with Crippen LogP contribution in [0.4, 0.5) is 0 Å². The molecule has 25 heavy (non-hydrogen) atoms. The summed E-state index contributed by atoms with van der Waals surface area (Å²) in [5, 5.41) is 20.2. The number of aliphatic hydroxyl groups is 2. The van der Waals surface area contributed by atoms with E-state index in [0.717, 1.165) is 12.0 Å². The van der Waals surface area contributed by atoms with Gasteiger partial charge in [0.1, 0.15) is 12.7 Å². The zero-order valence-electron chi connectivity index (χ0n) is 14.9. The van der Waals surface area contributed by atoms with Gasteiger partial charge >= 0.3 is 11.9 Å². The van der Waals surface area contributed by atoms with Crippen LogP contribution in [0.1, 0.15) is 39.5 Å². The van der Waals surface area contributed by atoms with E-state index in [-0.39, 0.29) is 36.6 Å². The predicted molar refractivity (Wildman–Crippen MR) is 91.4 cm³/mol. The van der Waals surface area contributed by atoms with Gasteiger partial charge in [0.2, 0.25) is 0 Å². The van der Waals surface area contributed by atoms with Crippen molar-refractivity contribution in [2.75, 3.05) is 13.2 Å². The minimum Gasteiger partial charge on any atom is -0.461 e. The molecule has 1 aliphatic carbocycles. The van der Waals surface area contributed by atoms with Crippen LogP contribution in [0.3, 0.4) is 0 Å². The van der Waals surface area contributed by atoms with Gasteiger partial charge in [0.25, 0.3) is 0 Å². The third kappa shape index (κ3) is 4.92. The number of hydrogen-bond donors (Lipinski definition) is 2. The molecule has 0 bridgehead atoms. The molecule has 0 aromatic rings. The highest BCUT2D eigenvalue weighted by Crippen LogP contribution is 2.37. The van der Waals surface area contributed by atoms with Gasteiger partial charge in [0.05, 0.1) is 17.9 Å². The molecule has 2 aliphatic rings. The molecule has 2 rings (SSSR count). The van der Waals surface area contributed by atoms with Crippen molar-refractivity contribution in [3.05, 3.63) is 23.8 Å². The van der Waals surface area contributed by atoms with Gasteiger partial charge in [-0.3, -0.25) is 4.79 Å². The van der Waals surface area contributed by atoms with Crippen molar-refractivity contribution in [1.82, 2.24) is 0 Å². The summed E-state index contributed by atoms with van der Waals surface area (Å²) in [6.07, 6.45) is 2.90. The van der Waals surface area contributed by atoms with Crippen molar-refractivity contribution in [1.29, 1.82) is 0 Å². The topological polar surface area (TPSA) is 93.1 Å². The number of esters is 2. The molecule has 4 atom stereocenters. The smallest absolute Gasteiger partial charge is 0.334 e. The molecule has 6 nitrogen and oxygen atoms in total. The third-order valence-electron chi connectivity index (χ3n) is 4.91. The molecule has 0 aromatic heterocycles. The van der Waals surface area contributed by atoms with Crippen molar-refractivity contribution in [3.63, 3.8) is 0 Å². The Labute approximate surface area is 148 Å². The van der Waals surface area contributed by atoms with Crippen LogP contribution in [-0.2, 0) is 19.1 Å². The number of allylic oxidation sites excluding steroid dienone is 1. The second-order valence-corrected chi connectivity index (χ2v) is 7.25. The zero-order chi connectivity index (χ0) is 18.6. The quantitative estimate of drug-likeness (QED) is 0.455. The Morgan fingerprint density at radius 2 is 2.20 bits per heavy atom. The van der Waals surface area contributed by atoms with Gasteiger partial charge < -0.3 is 19.7 Å². The molecular weight excluding hydrogens is 324 g/mol. The lowest BCUT2D eigenvalue weighted by Gasteiger charge is -2.27. The maximum absolute atomic E-state index is 11.9. The summed E-state index contributed by atoms with van der Waals surface area (Å²) in [5.74, 6) is -1.51. The Kier molecular flexibility index (Phi) is 6.79. The molecule has 0 saturated carbocycles. The van der Waals surface area contributed by atoms with Crippen LogP contribution < -0.4 is 0 Å². The highest BCUT2D eigenvalue weighted by Gasteiger charge is 2.43. The molecular formula is C19H28O6. The number of hydrogen-bond acceptors (Lipinski definition) is 6. The summed E-state index contributed by atoms with van der Waals surface area (Å²) < 4.78 is 10.6. The first kappa shape index (κ1) is 19.7. The molecule has 0 spiro atoms. The zero-order valence-corrected chi connectivity index (χ0v) is 14.9. The Morgan fingerprint density at radius 1 is 1.48 bits per heavy atom. The lowest BCUT2D eigenvalue weighted by molar-refractivity contribution is -0.146. The molecule has 0 radical (unpaired) electrons. The number of rotatable bonds is 4. The molecule has 1 heterocycles. The fourth-order valence-corrected chi connectivity index (χ4v) is 3.38. The molecule has 2 N–H and O–H groups in total. The van der Waals surface area contributed by atoms with Gasteiger partial charge in [-0.05, 0) is 37.2 Å². The number of ether oxygens (including phenoxy) is 2. The molecule has 0 aromatic carbocycles. The highest BCUT2D eigenvalue weighted by atomic mass is 16.6. The first-order valence-corrected chi connectivity index (χ1v) is 8.86. The van der Waals surface area contributed by atoms with E-state index in [1.807, 2.05) is 6.08 Å². The number of carbonyl (C=O) groups is 2. The van der Waals surface area contributed by atoms with E-state index >= 15 is 0 Å². The molecule has 0 unspecified atom stereocenters. The van der Waals surface area contributed by atoms with E-state index in [1.54, 1.807) is 13.8 Å². The normalized spacial score (nSPS) is 30.5. The number of fused-ring (bicyclic) bond motifs is 1. The van der Waals surface area contributed by atoms with Crippen LogP contribution in [-0.4, -0.2) is 47.6 Å². The van der Waals surface area contributed by atoms with Crippen LogP contribution in [0.2, 0.25) is 0 Å². The average molecular weight is 352 g/mol. The van der Waals surface area contributed by atoms with Gasteiger partial charge in [-0.1, -0.05) is 26.5 Å². The summed E-state index contributed by atoms with van der Waals surface area (Å²) in [5.41, 5.74) is 1.08. The first-order valence-electron chi connectivity index (χ1n) is 8.86. The molecule has 1 aliphatic heterocycles. The summed E-state index contributed by atoms with van der Waals surface area (Å²) in [6, 6.07) is 0. The lowest BCUT2D eigenvalue weighted by atomic mass is 9.82. The maximum atomic E-state index is 11.9. The number of carbonyl (C=O) groups excluding carboxylic acids is 2. The molecule has 1 fully saturated rings. The van der Waals surface area contributed by atoms with Crippen molar-refractivity contribution < 1.29 is 29.3 Å². The molecule has 6 heteroatoms. The van der Waals surface area contributed by atoms with E-state index in [2.05, 4.69) is 6.58 Å². The van der Waals surface area contributed by atoms with Crippen LogP contribution in [0, 0.1) is 17.8 Å². The first-order chi connectivity index (χ1) is 11.8. The Hall–Kier alpha value is -1.66. The monoisotopic (exact) mass is 352 g/mol. The Bertz CT molecular complexity index is 550. The van der Waals surface area contributed by atoms with E-state index in [0.29, 0.717) is 19.3 Å². The fraction of sp³-hybridized carbons (Fsp3) is 0.684. The van der Waals surface area contributed by atoms with Crippen LogP contribution in [0.5, 0.6) is 0 Å². The largest absolute Gasteiger partial charge is 0.461 e. The highest BCUT2D eigenvalue weighted by molar-refractivity contribution is 5.91. The van der Waals surface area contributed by atoms with Crippen LogP contribution in [0.25, 0.3) is 0 Å². The minimum atomic E-state index is -0.842. The number of aliphatic hydroxyl groups excluding tert-OH is 2. The van der Waals surface area contributed by atoms with E-state index in [9.17, 15) is 19.8 Å². The van der Waals surface area contributed by atoms with Crippen LogP contribution >= 0.6 is 0 Å². The predicted octanol–water partition coefficient (Wildman–Crippen LogP) is 1.75. The summed E-state index contributed by atoms with van der Waals surface area (Å²) in [6.45, 7) is 7.41. The van der Waals surface area contributed by atoms with Gasteiger partial charge in [0, 0.05) is 12.2 Å². The van der Waals surface area contributed by atoms with Crippen molar-refractivity contribution >= 4 is 11.9 Å². The Morgan fingerprint density at radius 3 is 2.84 bits per heavy atom. The Balaban J connectivity index is 2.15. The molecule has 1 saturated heterocycles. The van der Waals surface area contributed by atoms with Crippen molar-refractivity contribution in [2.45, 2.75) is 51.7 Å². The van der Waals surface area contributed by atoms with Gasteiger partial charge in [-0.2, -0.15) is 0 Å². The average Bonchev–Trinajstić information content (AvgIpc) is 2.84. The van der Waals surface area contributed by atoms with Gasteiger partial charge in [0.15, 0.2) is 0 Å². The fourth-order valence-electron chi connectivity index (χ4n) is 3.38. The summed E-state index contributed by atoms with van der Waals surface area (Å²) in [4.78, 5) is 23.6. The molecule has 0 amide bonds. The molecule has 140 valence electrons. The van der Waals surface area contributed by atoms with Gasteiger partial charge in [-0.15, -0.1) is 0 Å². The second kappa shape index (κ2) is 8.63. The third-order valence-corrected chi connectivity index (χ3v) is 4.91. The minimum absolute atomic E-state index is 0.00511. The summed E-state index contributed by atoms with van der Waals surface area (Å²) in [7, 11) is 0. The van der Waals surface area contributed by atoms with Crippen molar-refractivity contribution in [2.24, 2.45) is 17.8 Å². The van der Waals surface area contributed by atoms with Gasteiger partial charge in [-0.25, -0.2) is 4.79 Å². The lowest BCUT2D eigenvalue weighted by Crippen LogP contribution is -2.32. The maximum Gasteiger partial charge on any atom is 0.334 e. The SMILES string of the molecule is C=C1C(=O)O[C@@H]2C[C@H](CO)CCC=C(COC(=O)C(C)C)C[C@@H](O)[C@@H]12. The van der Waals surface area contributed by atoms with Crippen molar-refractivity contribution in [3.8, 4) is 0 Å². The standard InChI is InChI=1S/C19H28O6/c1-11(2)18(22)24-10-14-6-4-5-13(9-20)8-16-17(15(21)7-14)12(3)19(23)25-16/h6,11,13,15-17,20-21H,3-5,7-10H2,1-2H3/t13-,15-,16-,17-/m1/s1. The van der Waals surface area contributed by atoms with E-state index in [1.165, 1.54) is 0 Å². The van der Waals surface area contributed by atoms with E-state index < -0.39 is 24.1 Å². The van der Waals surface area contributed by atoms with E-state index in [4.69, 9.17) is 9.47 Å². The van der Waals surface area contributed by atoms with Crippen LogP contribution in [0.15, 0.2) is 23.8 Å². The second-order valence-electron chi connectivity index (χ2n) is 7.25.